The van der Waals surface area contributed by atoms with E-state index in [1.807, 2.05) is 0 Å². The van der Waals surface area contributed by atoms with Crippen molar-refractivity contribution >= 4 is 5.69 Å². The summed E-state index contributed by atoms with van der Waals surface area (Å²) in [5.74, 6) is 0. The first kappa shape index (κ1) is 7.62. The van der Waals surface area contributed by atoms with Gasteiger partial charge in [-0.15, -0.1) is 0 Å². The van der Waals surface area contributed by atoms with Crippen LogP contribution < -0.4 is 10.2 Å². The molecule has 64 valence electrons. The minimum atomic E-state index is 0.626. The van der Waals surface area contributed by atoms with Crippen molar-refractivity contribution < 1.29 is 0 Å². The highest BCUT2D eigenvalue weighted by atomic mass is 15.1. The molecule has 12 heavy (non-hydrogen) atoms. The molecule has 1 aliphatic rings. The molecule has 0 spiro atoms. The molecular formula is C10H14N2. The fourth-order valence-corrected chi connectivity index (χ4v) is 1.30. The first-order valence-corrected chi connectivity index (χ1v) is 4.28. The lowest BCUT2D eigenvalue weighted by molar-refractivity contribution is 1.07. The van der Waals surface area contributed by atoms with Crippen LogP contribution in [0.1, 0.15) is 11.6 Å². The molecule has 1 atom stereocenters. The Kier molecular flexibility index (Phi) is 1.77. The predicted molar refractivity (Wildman–Crippen MR) is 51.5 cm³/mol. The molecule has 1 aromatic carbocycles. The molecule has 1 N–H and O–H groups in total. The molecule has 1 aliphatic heterocycles. The first-order valence-electron chi connectivity index (χ1n) is 4.28. The van der Waals surface area contributed by atoms with E-state index in [1.165, 1.54) is 11.3 Å². The van der Waals surface area contributed by atoms with Crippen LogP contribution in [0.15, 0.2) is 24.3 Å². The summed E-state index contributed by atoms with van der Waals surface area (Å²) >= 11 is 0. The number of hydrogen-bond donors (Lipinski definition) is 1. The van der Waals surface area contributed by atoms with E-state index in [9.17, 15) is 0 Å². The number of hydrogen-bond acceptors (Lipinski definition) is 2. The van der Waals surface area contributed by atoms with Crippen molar-refractivity contribution in [3.05, 3.63) is 29.8 Å². The average molecular weight is 162 g/mol. The van der Waals surface area contributed by atoms with Gasteiger partial charge in [0.2, 0.25) is 0 Å². The molecule has 1 aromatic rings. The summed E-state index contributed by atoms with van der Waals surface area (Å²) in [6, 6.07) is 9.34. The predicted octanol–water partition coefficient (Wildman–Crippen LogP) is 1.40. The molecule has 0 aliphatic carbocycles. The van der Waals surface area contributed by atoms with Crippen molar-refractivity contribution in [3.8, 4) is 0 Å². The van der Waals surface area contributed by atoms with E-state index >= 15 is 0 Å². The smallest absolute Gasteiger partial charge is 0.0447 e. The average Bonchev–Trinajstić information content (AvgIpc) is 2.87. The molecule has 0 bridgehead atoms. The normalized spacial score (nSPS) is 20.7. The Hall–Kier alpha value is -1.02. The van der Waals surface area contributed by atoms with Crippen LogP contribution in [0.2, 0.25) is 0 Å². The van der Waals surface area contributed by atoms with E-state index < -0.39 is 0 Å². The Labute approximate surface area is 73.2 Å². The van der Waals surface area contributed by atoms with Crippen molar-refractivity contribution in [1.82, 2.24) is 5.32 Å². The zero-order valence-electron chi connectivity index (χ0n) is 7.54. The van der Waals surface area contributed by atoms with Gasteiger partial charge in [-0.1, -0.05) is 12.1 Å². The Morgan fingerprint density at radius 3 is 2.25 bits per heavy atom. The first-order chi connectivity index (χ1) is 5.77. The molecule has 0 amide bonds. The molecule has 2 heteroatoms. The van der Waals surface area contributed by atoms with Crippen molar-refractivity contribution in [2.75, 3.05) is 25.5 Å². The van der Waals surface area contributed by atoms with Gasteiger partial charge in [-0.2, -0.15) is 0 Å². The van der Waals surface area contributed by atoms with Crippen LogP contribution in [0.5, 0.6) is 0 Å². The molecule has 1 saturated heterocycles. The lowest BCUT2D eigenvalue weighted by atomic mass is 10.1. The van der Waals surface area contributed by atoms with Crippen LogP contribution >= 0.6 is 0 Å². The molecule has 2 rings (SSSR count). The maximum absolute atomic E-state index is 3.29. The quantitative estimate of drug-likeness (QED) is 0.665. The number of anilines is 1. The van der Waals surface area contributed by atoms with Gasteiger partial charge in [0, 0.05) is 32.4 Å². The fraction of sp³-hybridized carbons (Fsp3) is 0.400. The monoisotopic (exact) mass is 162 g/mol. The van der Waals surface area contributed by atoms with E-state index in [2.05, 4.69) is 48.6 Å². The summed E-state index contributed by atoms with van der Waals surface area (Å²) in [6.07, 6.45) is 0. The third kappa shape index (κ3) is 1.43. The van der Waals surface area contributed by atoms with Gasteiger partial charge >= 0.3 is 0 Å². The van der Waals surface area contributed by atoms with Gasteiger partial charge in [0.15, 0.2) is 0 Å². The fourth-order valence-electron chi connectivity index (χ4n) is 1.30. The Morgan fingerprint density at radius 1 is 1.25 bits per heavy atom. The highest BCUT2D eigenvalue weighted by Crippen LogP contribution is 2.23. The number of benzene rings is 1. The van der Waals surface area contributed by atoms with Gasteiger partial charge in [0.05, 0.1) is 0 Å². The summed E-state index contributed by atoms with van der Waals surface area (Å²) in [4.78, 5) is 2.12. The van der Waals surface area contributed by atoms with Crippen molar-refractivity contribution in [3.63, 3.8) is 0 Å². The Morgan fingerprint density at radius 2 is 1.83 bits per heavy atom. The zero-order valence-corrected chi connectivity index (χ0v) is 7.54. The lowest BCUT2D eigenvalue weighted by Crippen LogP contribution is -2.08. The van der Waals surface area contributed by atoms with Crippen LogP contribution in [0, 0.1) is 0 Å². The highest BCUT2D eigenvalue weighted by Gasteiger charge is 2.21. The third-order valence-corrected chi connectivity index (χ3v) is 2.22. The van der Waals surface area contributed by atoms with Gasteiger partial charge in [0.1, 0.15) is 0 Å². The second-order valence-electron chi connectivity index (χ2n) is 3.45. The minimum absolute atomic E-state index is 0.626. The second kappa shape index (κ2) is 2.79. The molecular weight excluding hydrogens is 148 g/mol. The maximum atomic E-state index is 3.29. The standard InChI is InChI=1S/C10H14N2/c1-12(2)9-5-3-8(4-6-9)10-7-11-10/h3-6,10-11H,7H2,1-2H3. The van der Waals surface area contributed by atoms with Gasteiger partial charge in [0.25, 0.3) is 0 Å². The van der Waals surface area contributed by atoms with E-state index in [1.54, 1.807) is 0 Å². The van der Waals surface area contributed by atoms with Gasteiger partial charge < -0.3 is 10.2 Å². The zero-order chi connectivity index (χ0) is 8.55. The summed E-state index contributed by atoms with van der Waals surface area (Å²) in [6.45, 7) is 1.14. The molecule has 1 unspecified atom stereocenters. The number of rotatable bonds is 2. The van der Waals surface area contributed by atoms with Crippen LogP contribution in [0.4, 0.5) is 5.69 Å². The van der Waals surface area contributed by atoms with Crippen molar-refractivity contribution in [2.45, 2.75) is 6.04 Å². The molecule has 0 radical (unpaired) electrons. The van der Waals surface area contributed by atoms with Crippen LogP contribution in [-0.4, -0.2) is 20.6 Å². The van der Waals surface area contributed by atoms with Gasteiger partial charge in [-0.05, 0) is 17.7 Å². The SMILES string of the molecule is CN(C)c1ccc(C2CN2)cc1. The van der Waals surface area contributed by atoms with Crippen LogP contribution in [0.25, 0.3) is 0 Å². The summed E-state index contributed by atoms with van der Waals surface area (Å²) in [5.41, 5.74) is 2.67. The van der Waals surface area contributed by atoms with Crippen molar-refractivity contribution in [2.24, 2.45) is 0 Å². The van der Waals surface area contributed by atoms with E-state index in [-0.39, 0.29) is 0 Å². The summed E-state index contributed by atoms with van der Waals surface area (Å²) in [5, 5.41) is 3.29. The topological polar surface area (TPSA) is 25.2 Å². The molecule has 1 heterocycles. The van der Waals surface area contributed by atoms with E-state index in [0.717, 1.165) is 6.54 Å². The minimum Gasteiger partial charge on any atom is -0.378 e. The highest BCUT2D eigenvalue weighted by molar-refractivity contribution is 5.47. The van der Waals surface area contributed by atoms with E-state index in [4.69, 9.17) is 0 Å². The number of nitrogens with one attached hydrogen (secondary N) is 1. The van der Waals surface area contributed by atoms with Crippen molar-refractivity contribution in [1.29, 1.82) is 0 Å². The van der Waals surface area contributed by atoms with E-state index in [0.29, 0.717) is 6.04 Å². The largest absolute Gasteiger partial charge is 0.378 e. The summed E-state index contributed by atoms with van der Waals surface area (Å²) < 4.78 is 0. The molecule has 0 saturated carbocycles. The van der Waals surface area contributed by atoms with Crippen LogP contribution in [0.3, 0.4) is 0 Å². The van der Waals surface area contributed by atoms with Crippen LogP contribution in [-0.2, 0) is 0 Å². The maximum Gasteiger partial charge on any atom is 0.0447 e. The summed E-state index contributed by atoms with van der Waals surface area (Å²) in [7, 11) is 4.12. The Bertz CT molecular complexity index is 239. The van der Waals surface area contributed by atoms with Gasteiger partial charge in [-0.25, -0.2) is 0 Å². The van der Waals surface area contributed by atoms with Gasteiger partial charge in [-0.3, -0.25) is 0 Å². The lowest BCUT2D eigenvalue weighted by Gasteiger charge is -2.12. The molecule has 2 nitrogen and oxygen atoms in total. The third-order valence-electron chi connectivity index (χ3n) is 2.22. The second-order valence-corrected chi connectivity index (χ2v) is 3.45. The molecule has 0 aromatic heterocycles. The Balaban J connectivity index is 2.18. The molecule has 1 fully saturated rings. The number of nitrogens with zero attached hydrogens (tertiary/aromatic N) is 1.